The Morgan fingerprint density at radius 3 is 2.29 bits per heavy atom. The number of rotatable bonds is 4. The minimum absolute atomic E-state index is 0.311. The predicted molar refractivity (Wildman–Crippen MR) is 57.3 cm³/mol. The molecule has 78 valence electrons. The summed E-state index contributed by atoms with van der Waals surface area (Å²) >= 11 is 0. The van der Waals surface area contributed by atoms with Gasteiger partial charge in [0.25, 0.3) is 0 Å². The molecule has 0 amide bonds. The third-order valence-corrected chi connectivity index (χ3v) is 1.41. The van der Waals surface area contributed by atoms with Crippen molar-refractivity contribution < 1.29 is 0 Å². The molecule has 0 atom stereocenters. The molecule has 1 rings (SSSR count). The van der Waals surface area contributed by atoms with Crippen LogP contribution in [0.4, 0.5) is 11.8 Å². The van der Waals surface area contributed by atoms with Crippen molar-refractivity contribution in [2.75, 3.05) is 10.6 Å². The lowest BCUT2D eigenvalue weighted by molar-refractivity contribution is 0.837. The third-order valence-electron chi connectivity index (χ3n) is 1.41. The lowest BCUT2D eigenvalue weighted by Gasteiger charge is -2.10. The summed E-state index contributed by atoms with van der Waals surface area (Å²) in [4.78, 5) is 4.26. The average Bonchev–Trinajstić information content (AvgIpc) is 2.01. The van der Waals surface area contributed by atoms with Gasteiger partial charge in [0.15, 0.2) is 5.82 Å². The molecule has 2 N–H and O–H groups in total. The SMILES string of the molecule is CC(C)Nc1cnnc(NC(C)C)n1. The molecule has 0 bridgehead atoms. The van der Waals surface area contributed by atoms with Gasteiger partial charge in [-0.1, -0.05) is 0 Å². The maximum absolute atomic E-state index is 4.26. The van der Waals surface area contributed by atoms with Gasteiger partial charge in [-0.2, -0.15) is 10.1 Å². The lowest BCUT2D eigenvalue weighted by atomic mass is 10.4. The Morgan fingerprint density at radius 2 is 1.71 bits per heavy atom. The van der Waals surface area contributed by atoms with Crippen LogP contribution in [0.2, 0.25) is 0 Å². The first-order valence-corrected chi connectivity index (χ1v) is 4.80. The van der Waals surface area contributed by atoms with Crippen LogP contribution in [0.1, 0.15) is 27.7 Å². The molecule has 5 heteroatoms. The molecule has 5 nitrogen and oxygen atoms in total. The summed E-state index contributed by atoms with van der Waals surface area (Å²) in [6.45, 7) is 8.17. The zero-order chi connectivity index (χ0) is 10.6. The largest absolute Gasteiger partial charge is 0.366 e. The van der Waals surface area contributed by atoms with Crippen molar-refractivity contribution in [3.05, 3.63) is 6.20 Å². The molecular weight excluding hydrogens is 178 g/mol. The quantitative estimate of drug-likeness (QED) is 0.762. The molecule has 0 saturated carbocycles. The highest BCUT2D eigenvalue weighted by Crippen LogP contribution is 2.05. The summed E-state index contributed by atoms with van der Waals surface area (Å²) in [7, 11) is 0. The van der Waals surface area contributed by atoms with Crippen LogP contribution in [-0.4, -0.2) is 27.3 Å². The molecule has 0 saturated heterocycles. The summed E-state index contributed by atoms with van der Waals surface area (Å²) in [6.07, 6.45) is 1.62. The van der Waals surface area contributed by atoms with Crippen LogP contribution in [0.25, 0.3) is 0 Å². The van der Waals surface area contributed by atoms with Crippen LogP contribution in [0, 0.1) is 0 Å². The van der Waals surface area contributed by atoms with Crippen LogP contribution in [0.15, 0.2) is 6.20 Å². The Labute approximate surface area is 84.3 Å². The molecule has 1 aromatic heterocycles. The topological polar surface area (TPSA) is 62.7 Å². The van der Waals surface area contributed by atoms with Crippen molar-refractivity contribution in [1.82, 2.24) is 15.2 Å². The van der Waals surface area contributed by atoms with E-state index in [0.29, 0.717) is 18.0 Å². The molecule has 0 fully saturated rings. The van der Waals surface area contributed by atoms with Gasteiger partial charge in [-0.25, -0.2) is 0 Å². The second-order valence-corrected chi connectivity index (χ2v) is 3.76. The molecule has 0 aromatic carbocycles. The van der Waals surface area contributed by atoms with Gasteiger partial charge in [-0.15, -0.1) is 5.10 Å². The molecule has 0 unspecified atom stereocenters. The smallest absolute Gasteiger partial charge is 0.244 e. The second-order valence-electron chi connectivity index (χ2n) is 3.76. The van der Waals surface area contributed by atoms with E-state index in [9.17, 15) is 0 Å². The standard InChI is InChI=1S/C9H17N5/c1-6(2)11-8-5-10-14-9(13-8)12-7(3)4/h5-7H,1-4H3,(H2,11,12,13,14). The summed E-state index contributed by atoms with van der Waals surface area (Å²) in [5.74, 6) is 1.31. The molecule has 1 aromatic rings. The van der Waals surface area contributed by atoms with Gasteiger partial charge in [0.05, 0.1) is 6.20 Å². The highest BCUT2D eigenvalue weighted by atomic mass is 15.3. The fourth-order valence-electron chi connectivity index (χ4n) is 0.988. The minimum Gasteiger partial charge on any atom is -0.366 e. The fraction of sp³-hybridized carbons (Fsp3) is 0.667. The maximum Gasteiger partial charge on any atom is 0.244 e. The number of nitrogens with one attached hydrogen (secondary N) is 2. The zero-order valence-corrected chi connectivity index (χ0v) is 9.07. The molecule has 0 aliphatic rings. The average molecular weight is 195 g/mol. The van der Waals surface area contributed by atoms with Gasteiger partial charge in [0, 0.05) is 12.1 Å². The predicted octanol–water partition coefficient (Wildman–Crippen LogP) is 1.51. The van der Waals surface area contributed by atoms with Crippen molar-refractivity contribution in [2.45, 2.75) is 39.8 Å². The van der Waals surface area contributed by atoms with E-state index in [1.54, 1.807) is 6.20 Å². The van der Waals surface area contributed by atoms with Crippen LogP contribution in [0.5, 0.6) is 0 Å². The monoisotopic (exact) mass is 195 g/mol. The maximum atomic E-state index is 4.26. The Kier molecular flexibility index (Phi) is 3.62. The van der Waals surface area contributed by atoms with E-state index in [2.05, 4.69) is 39.7 Å². The van der Waals surface area contributed by atoms with Gasteiger partial charge in [-0.3, -0.25) is 0 Å². The van der Waals surface area contributed by atoms with E-state index < -0.39 is 0 Å². The number of hydrogen-bond acceptors (Lipinski definition) is 5. The normalized spacial score (nSPS) is 10.7. The number of hydrogen-bond donors (Lipinski definition) is 2. The van der Waals surface area contributed by atoms with E-state index in [1.165, 1.54) is 0 Å². The van der Waals surface area contributed by atoms with E-state index in [4.69, 9.17) is 0 Å². The van der Waals surface area contributed by atoms with Crippen molar-refractivity contribution in [3.8, 4) is 0 Å². The first-order valence-electron chi connectivity index (χ1n) is 4.80. The number of aromatic nitrogens is 3. The van der Waals surface area contributed by atoms with E-state index in [0.717, 1.165) is 5.82 Å². The first-order chi connectivity index (χ1) is 6.58. The molecule has 0 aliphatic heterocycles. The van der Waals surface area contributed by atoms with E-state index in [1.807, 2.05) is 13.8 Å². The van der Waals surface area contributed by atoms with Crippen LogP contribution in [0.3, 0.4) is 0 Å². The lowest BCUT2D eigenvalue weighted by Crippen LogP contribution is -2.16. The summed E-state index contributed by atoms with van der Waals surface area (Å²) < 4.78 is 0. The Balaban J connectivity index is 2.68. The van der Waals surface area contributed by atoms with E-state index in [-0.39, 0.29) is 0 Å². The molecular formula is C9H17N5. The second kappa shape index (κ2) is 4.74. The van der Waals surface area contributed by atoms with Gasteiger partial charge < -0.3 is 10.6 Å². The summed E-state index contributed by atoms with van der Waals surface area (Å²) in [6, 6.07) is 0.657. The molecule has 14 heavy (non-hydrogen) atoms. The number of anilines is 2. The van der Waals surface area contributed by atoms with Crippen molar-refractivity contribution in [3.63, 3.8) is 0 Å². The Hall–Kier alpha value is -1.39. The highest BCUT2D eigenvalue weighted by molar-refractivity contribution is 5.37. The van der Waals surface area contributed by atoms with E-state index >= 15 is 0 Å². The van der Waals surface area contributed by atoms with Gasteiger partial charge >= 0.3 is 0 Å². The van der Waals surface area contributed by atoms with Crippen LogP contribution in [-0.2, 0) is 0 Å². The molecule has 0 aliphatic carbocycles. The molecule has 0 spiro atoms. The minimum atomic E-state index is 0.311. The van der Waals surface area contributed by atoms with Crippen LogP contribution < -0.4 is 10.6 Å². The van der Waals surface area contributed by atoms with Gasteiger partial charge in [-0.05, 0) is 27.7 Å². The van der Waals surface area contributed by atoms with Gasteiger partial charge in [0.1, 0.15) is 0 Å². The molecule has 1 heterocycles. The first kappa shape index (κ1) is 10.7. The third kappa shape index (κ3) is 3.55. The highest BCUT2D eigenvalue weighted by Gasteiger charge is 2.02. The van der Waals surface area contributed by atoms with Crippen LogP contribution >= 0.6 is 0 Å². The fourth-order valence-corrected chi connectivity index (χ4v) is 0.988. The summed E-state index contributed by atoms with van der Waals surface area (Å²) in [5.41, 5.74) is 0. The van der Waals surface area contributed by atoms with Crippen molar-refractivity contribution >= 4 is 11.8 Å². The number of nitrogens with zero attached hydrogens (tertiary/aromatic N) is 3. The van der Waals surface area contributed by atoms with Gasteiger partial charge in [0.2, 0.25) is 5.95 Å². The summed E-state index contributed by atoms with van der Waals surface area (Å²) in [5, 5.41) is 14.0. The molecule has 0 radical (unpaired) electrons. The Bertz CT molecular complexity index is 259. The van der Waals surface area contributed by atoms with Crippen molar-refractivity contribution in [1.29, 1.82) is 0 Å². The van der Waals surface area contributed by atoms with Crippen molar-refractivity contribution in [2.24, 2.45) is 0 Å². The Morgan fingerprint density at radius 1 is 1.07 bits per heavy atom. The zero-order valence-electron chi connectivity index (χ0n) is 9.07.